The molecule has 1 saturated heterocycles. The number of hydrogen-bond donors (Lipinski definition) is 1. The maximum atomic E-state index is 11.8. The fourth-order valence-corrected chi connectivity index (χ4v) is 2.66. The Balaban J connectivity index is 2.41. The maximum Gasteiger partial charge on any atom is 0.309 e. The van der Waals surface area contributed by atoms with Crippen LogP contribution in [0.2, 0.25) is 0 Å². The smallest absolute Gasteiger partial charge is 0.309 e. The Morgan fingerprint density at radius 2 is 2.32 bits per heavy atom. The highest BCUT2D eigenvalue weighted by molar-refractivity contribution is 7.99. The number of ether oxygens (including phenoxy) is 2. The van der Waals surface area contributed by atoms with Crippen molar-refractivity contribution >= 4 is 17.7 Å². The lowest BCUT2D eigenvalue weighted by molar-refractivity contribution is -0.156. The first-order valence-electron chi connectivity index (χ1n) is 6.40. The van der Waals surface area contributed by atoms with Gasteiger partial charge >= 0.3 is 5.97 Å². The average Bonchev–Trinajstić information content (AvgIpc) is 2.33. The van der Waals surface area contributed by atoms with E-state index < -0.39 is 0 Å². The molecule has 3 atom stereocenters. The van der Waals surface area contributed by atoms with Crippen LogP contribution in [0.1, 0.15) is 20.3 Å². The maximum absolute atomic E-state index is 11.8. The Kier molecular flexibility index (Phi) is 6.45. The van der Waals surface area contributed by atoms with Gasteiger partial charge in [-0.1, -0.05) is 25.7 Å². The van der Waals surface area contributed by atoms with Gasteiger partial charge in [0.1, 0.15) is 12.7 Å². The third-order valence-corrected chi connectivity index (χ3v) is 4.13. The number of nitrogens with two attached hydrogens (primary N) is 1. The second kappa shape index (κ2) is 7.60. The fourth-order valence-electron chi connectivity index (χ4n) is 1.56. The second-order valence-corrected chi connectivity index (χ2v) is 6.08. The van der Waals surface area contributed by atoms with Crippen molar-refractivity contribution in [3.8, 4) is 0 Å². The summed E-state index contributed by atoms with van der Waals surface area (Å²) in [6.07, 6.45) is 0.286. The molecule has 2 N–H and O–H groups in total. The highest BCUT2D eigenvalue weighted by Gasteiger charge is 2.25. The van der Waals surface area contributed by atoms with Crippen LogP contribution < -0.4 is 5.73 Å². The number of esters is 1. The lowest BCUT2D eigenvalue weighted by Gasteiger charge is -2.25. The number of rotatable bonds is 5. The zero-order valence-corrected chi connectivity index (χ0v) is 12.5. The van der Waals surface area contributed by atoms with Crippen molar-refractivity contribution < 1.29 is 14.3 Å². The van der Waals surface area contributed by atoms with Crippen molar-refractivity contribution in [3.05, 3.63) is 24.5 Å². The molecule has 1 heterocycles. The number of carbonyl (C=O) groups is 1. The van der Waals surface area contributed by atoms with Crippen molar-refractivity contribution in [1.29, 1.82) is 0 Å². The normalized spacial score (nSPS) is 25.8. The van der Waals surface area contributed by atoms with E-state index >= 15 is 0 Å². The molecule has 0 saturated carbocycles. The SMILES string of the molecule is C=C1CC(C)C(=O)OC(CSCC(N)C(=C)C)CO1. The summed E-state index contributed by atoms with van der Waals surface area (Å²) in [7, 11) is 0. The summed E-state index contributed by atoms with van der Waals surface area (Å²) in [6.45, 7) is 11.7. The van der Waals surface area contributed by atoms with Crippen LogP contribution in [0.5, 0.6) is 0 Å². The van der Waals surface area contributed by atoms with Crippen LogP contribution in [0, 0.1) is 5.92 Å². The predicted molar refractivity (Wildman–Crippen MR) is 78.9 cm³/mol. The molecule has 4 nitrogen and oxygen atoms in total. The molecule has 0 aromatic rings. The first-order chi connectivity index (χ1) is 8.90. The molecule has 5 heteroatoms. The molecule has 108 valence electrons. The number of hydrogen-bond acceptors (Lipinski definition) is 5. The van der Waals surface area contributed by atoms with E-state index in [9.17, 15) is 4.79 Å². The van der Waals surface area contributed by atoms with Crippen molar-refractivity contribution in [3.63, 3.8) is 0 Å². The van der Waals surface area contributed by atoms with Crippen LogP contribution >= 0.6 is 11.8 Å². The minimum absolute atomic E-state index is 0.0240. The molecule has 3 unspecified atom stereocenters. The van der Waals surface area contributed by atoms with E-state index in [1.807, 2.05) is 13.8 Å². The molecule has 1 rings (SSSR count). The van der Waals surface area contributed by atoms with Gasteiger partial charge in [-0.2, -0.15) is 11.8 Å². The van der Waals surface area contributed by atoms with Crippen LogP contribution in [0.15, 0.2) is 24.5 Å². The summed E-state index contributed by atoms with van der Waals surface area (Å²) < 4.78 is 10.9. The van der Waals surface area contributed by atoms with Gasteiger partial charge in [0.05, 0.1) is 11.7 Å². The van der Waals surface area contributed by atoms with E-state index in [-0.39, 0.29) is 24.0 Å². The molecule has 0 aromatic heterocycles. The zero-order chi connectivity index (χ0) is 14.4. The number of thioether (sulfide) groups is 1. The van der Waals surface area contributed by atoms with Crippen LogP contribution in [-0.4, -0.2) is 36.2 Å². The third-order valence-electron chi connectivity index (χ3n) is 2.93. The van der Waals surface area contributed by atoms with Gasteiger partial charge in [0, 0.05) is 24.0 Å². The summed E-state index contributed by atoms with van der Waals surface area (Å²) in [5.41, 5.74) is 6.84. The Morgan fingerprint density at radius 1 is 1.63 bits per heavy atom. The van der Waals surface area contributed by atoms with Crippen LogP contribution in [0.3, 0.4) is 0 Å². The topological polar surface area (TPSA) is 61.5 Å². The van der Waals surface area contributed by atoms with Crippen LogP contribution in [0.4, 0.5) is 0 Å². The summed E-state index contributed by atoms with van der Waals surface area (Å²) >= 11 is 1.64. The van der Waals surface area contributed by atoms with Crippen molar-refractivity contribution in [2.75, 3.05) is 18.1 Å². The molecule has 1 fully saturated rings. The monoisotopic (exact) mass is 285 g/mol. The Bertz CT molecular complexity index is 357. The van der Waals surface area contributed by atoms with E-state index in [2.05, 4.69) is 13.2 Å². The van der Waals surface area contributed by atoms with Crippen LogP contribution in [0.25, 0.3) is 0 Å². The lowest BCUT2D eigenvalue weighted by Crippen LogP contribution is -2.32. The molecular formula is C14H23NO3S. The van der Waals surface area contributed by atoms with Crippen molar-refractivity contribution in [1.82, 2.24) is 0 Å². The van der Waals surface area contributed by atoms with Gasteiger partial charge in [0.25, 0.3) is 0 Å². The molecule has 1 aliphatic rings. The van der Waals surface area contributed by atoms with E-state index in [1.165, 1.54) is 0 Å². The zero-order valence-electron chi connectivity index (χ0n) is 11.7. The van der Waals surface area contributed by atoms with Crippen LogP contribution in [-0.2, 0) is 14.3 Å². The molecule has 0 radical (unpaired) electrons. The van der Waals surface area contributed by atoms with Gasteiger partial charge in [-0.15, -0.1) is 0 Å². The minimum Gasteiger partial charge on any atom is -0.495 e. The summed E-state index contributed by atoms with van der Waals surface area (Å²) in [5, 5.41) is 0. The summed E-state index contributed by atoms with van der Waals surface area (Å²) in [4.78, 5) is 11.8. The predicted octanol–water partition coefficient (Wildman–Crippen LogP) is 2.10. The molecule has 1 aliphatic heterocycles. The molecule has 0 bridgehead atoms. The Morgan fingerprint density at radius 3 is 2.95 bits per heavy atom. The molecular weight excluding hydrogens is 262 g/mol. The summed E-state index contributed by atoms with van der Waals surface area (Å²) in [5.74, 6) is 1.71. The molecule has 19 heavy (non-hydrogen) atoms. The minimum atomic E-state index is -0.241. The number of carbonyl (C=O) groups excluding carboxylic acids is 1. The van der Waals surface area contributed by atoms with Gasteiger partial charge in [0.2, 0.25) is 0 Å². The number of cyclic esters (lactones) is 1. The first kappa shape index (κ1) is 16.1. The quantitative estimate of drug-likeness (QED) is 0.619. The van der Waals surface area contributed by atoms with Gasteiger partial charge < -0.3 is 15.2 Å². The largest absolute Gasteiger partial charge is 0.495 e. The third kappa shape index (κ3) is 5.70. The molecule has 0 spiro atoms. The molecule has 0 amide bonds. The second-order valence-electron chi connectivity index (χ2n) is 5.00. The molecule has 0 aliphatic carbocycles. The highest BCUT2D eigenvalue weighted by atomic mass is 32.2. The highest BCUT2D eigenvalue weighted by Crippen LogP contribution is 2.20. The lowest BCUT2D eigenvalue weighted by atomic mass is 10.1. The Labute approximate surface area is 119 Å². The van der Waals surface area contributed by atoms with E-state index in [1.54, 1.807) is 11.8 Å². The average molecular weight is 285 g/mol. The van der Waals surface area contributed by atoms with Gasteiger partial charge in [-0.25, -0.2) is 0 Å². The van der Waals surface area contributed by atoms with E-state index in [0.717, 1.165) is 11.3 Å². The van der Waals surface area contributed by atoms with Gasteiger partial charge in [-0.05, 0) is 6.92 Å². The van der Waals surface area contributed by atoms with E-state index in [4.69, 9.17) is 15.2 Å². The molecule has 0 aromatic carbocycles. The van der Waals surface area contributed by atoms with Gasteiger partial charge in [0.15, 0.2) is 0 Å². The van der Waals surface area contributed by atoms with Crippen molar-refractivity contribution in [2.24, 2.45) is 11.7 Å². The Hall–Kier alpha value is -0.940. The van der Waals surface area contributed by atoms with E-state index in [0.29, 0.717) is 24.5 Å². The van der Waals surface area contributed by atoms with Gasteiger partial charge in [-0.3, -0.25) is 4.79 Å². The fraction of sp³-hybridized carbons (Fsp3) is 0.643. The summed E-state index contributed by atoms with van der Waals surface area (Å²) in [6, 6.07) is -0.0240. The number of allylic oxidation sites excluding steroid dienone is 1. The first-order valence-corrected chi connectivity index (χ1v) is 7.55. The standard InChI is InChI=1S/C14H23NO3S/c1-9(2)13(15)8-19-7-12-6-17-11(4)5-10(3)14(16)18-12/h10,12-13H,1,4-8,15H2,2-3H3. The van der Waals surface area contributed by atoms with Crippen molar-refractivity contribution in [2.45, 2.75) is 32.4 Å².